The summed E-state index contributed by atoms with van der Waals surface area (Å²) in [5.74, 6) is -1.26. The Balaban J connectivity index is 1.60. The van der Waals surface area contributed by atoms with Gasteiger partial charge in [0, 0.05) is 4.88 Å². The van der Waals surface area contributed by atoms with Gasteiger partial charge in [-0.2, -0.15) is 0 Å². The smallest absolute Gasteiger partial charge is 0.341 e. The number of amides is 1. The Hall–Kier alpha value is -2.91. The maximum atomic E-state index is 12.7. The zero-order valence-corrected chi connectivity index (χ0v) is 17.8. The number of aryl methyl sites for hydroxylation is 1. The standard InChI is InChI=1S/C21H19NO6S2/c1-2-27-21(24)18-14-9-6-10-16(14)29-20(18)22-19(23)15-11-12-17(28-15)30(25,26)13-7-4-3-5-8-13/h3-5,7-8,11-12H,2,6,9-10H2,1H3,(H,22,23). The predicted molar refractivity (Wildman–Crippen MR) is 111 cm³/mol. The molecular weight excluding hydrogens is 426 g/mol. The third kappa shape index (κ3) is 3.66. The summed E-state index contributed by atoms with van der Waals surface area (Å²) >= 11 is 1.34. The maximum absolute atomic E-state index is 12.7. The Bertz CT molecular complexity index is 1210. The number of anilines is 1. The van der Waals surface area contributed by atoms with Crippen LogP contribution in [0.5, 0.6) is 0 Å². The molecule has 0 aliphatic heterocycles. The van der Waals surface area contributed by atoms with Crippen molar-refractivity contribution in [3.05, 3.63) is 64.2 Å². The number of ether oxygens (including phenoxy) is 1. The van der Waals surface area contributed by atoms with Crippen molar-refractivity contribution in [1.82, 2.24) is 0 Å². The average Bonchev–Trinajstić information content (AvgIpc) is 3.45. The summed E-state index contributed by atoms with van der Waals surface area (Å²) in [6.07, 6.45) is 2.57. The van der Waals surface area contributed by atoms with Crippen LogP contribution in [0.15, 0.2) is 56.9 Å². The van der Waals surface area contributed by atoms with E-state index >= 15 is 0 Å². The van der Waals surface area contributed by atoms with Crippen LogP contribution in [0, 0.1) is 0 Å². The number of carbonyl (C=O) groups is 2. The van der Waals surface area contributed by atoms with Crippen molar-refractivity contribution >= 4 is 38.1 Å². The quantitative estimate of drug-likeness (QED) is 0.573. The number of thiophene rings is 1. The molecule has 0 bridgehead atoms. The number of hydrogen-bond acceptors (Lipinski definition) is 7. The highest BCUT2D eigenvalue weighted by Gasteiger charge is 2.29. The van der Waals surface area contributed by atoms with Crippen LogP contribution in [-0.4, -0.2) is 26.9 Å². The van der Waals surface area contributed by atoms with Crippen LogP contribution >= 0.6 is 11.3 Å². The number of rotatable bonds is 6. The number of fused-ring (bicyclic) bond motifs is 1. The van der Waals surface area contributed by atoms with Gasteiger partial charge in [-0.05, 0) is 56.0 Å². The van der Waals surface area contributed by atoms with E-state index in [0.29, 0.717) is 10.6 Å². The number of furan rings is 1. The minimum absolute atomic E-state index is 0.0746. The van der Waals surface area contributed by atoms with Crippen molar-refractivity contribution < 1.29 is 27.2 Å². The van der Waals surface area contributed by atoms with Gasteiger partial charge in [0.25, 0.3) is 5.91 Å². The zero-order chi connectivity index (χ0) is 21.3. The number of esters is 1. The molecule has 2 heterocycles. The summed E-state index contributed by atoms with van der Waals surface area (Å²) in [6, 6.07) is 10.4. The Morgan fingerprint density at radius 1 is 1.13 bits per heavy atom. The van der Waals surface area contributed by atoms with Crippen molar-refractivity contribution in [2.45, 2.75) is 36.2 Å². The highest BCUT2D eigenvalue weighted by molar-refractivity contribution is 7.91. The second kappa shape index (κ2) is 8.08. The summed E-state index contributed by atoms with van der Waals surface area (Å²) in [4.78, 5) is 26.3. The first-order valence-corrected chi connectivity index (χ1v) is 11.7. The topological polar surface area (TPSA) is 103 Å². The van der Waals surface area contributed by atoms with Gasteiger partial charge in [0.05, 0.1) is 17.1 Å². The summed E-state index contributed by atoms with van der Waals surface area (Å²) < 4.78 is 35.8. The Labute approximate surface area is 177 Å². The number of carbonyl (C=O) groups excluding carboxylic acids is 2. The van der Waals surface area contributed by atoms with Gasteiger partial charge < -0.3 is 14.5 Å². The van der Waals surface area contributed by atoms with E-state index in [1.54, 1.807) is 25.1 Å². The molecular formula is C21H19NO6S2. The molecule has 9 heteroatoms. The highest BCUT2D eigenvalue weighted by atomic mass is 32.2. The van der Waals surface area contributed by atoms with Crippen molar-refractivity contribution in [2.24, 2.45) is 0 Å². The largest absolute Gasteiger partial charge is 0.462 e. The Morgan fingerprint density at radius 3 is 2.63 bits per heavy atom. The fourth-order valence-corrected chi connectivity index (χ4v) is 5.85. The number of nitrogens with one attached hydrogen (secondary N) is 1. The van der Waals surface area contributed by atoms with E-state index in [9.17, 15) is 18.0 Å². The summed E-state index contributed by atoms with van der Waals surface area (Å²) in [6.45, 7) is 1.95. The van der Waals surface area contributed by atoms with Crippen molar-refractivity contribution in [2.75, 3.05) is 11.9 Å². The molecule has 1 amide bonds. The molecule has 0 atom stereocenters. The van der Waals surface area contributed by atoms with Crippen LogP contribution in [0.1, 0.15) is 44.7 Å². The first-order chi connectivity index (χ1) is 14.4. The minimum atomic E-state index is -3.87. The fraction of sp³-hybridized carbons (Fsp3) is 0.238. The SMILES string of the molecule is CCOC(=O)c1c(NC(=O)c2ccc(S(=O)(=O)c3ccccc3)o2)sc2c1CCC2. The molecule has 30 heavy (non-hydrogen) atoms. The molecule has 0 fully saturated rings. The van der Waals surface area contributed by atoms with Crippen LogP contribution in [0.2, 0.25) is 0 Å². The van der Waals surface area contributed by atoms with E-state index < -0.39 is 21.7 Å². The third-order valence-corrected chi connectivity index (χ3v) is 7.60. The molecule has 0 spiro atoms. The zero-order valence-electron chi connectivity index (χ0n) is 16.1. The van der Waals surface area contributed by atoms with Crippen molar-refractivity contribution in [3.63, 3.8) is 0 Å². The van der Waals surface area contributed by atoms with Gasteiger partial charge in [-0.25, -0.2) is 13.2 Å². The van der Waals surface area contributed by atoms with E-state index in [-0.39, 0.29) is 22.4 Å². The minimum Gasteiger partial charge on any atom is -0.462 e. The van der Waals surface area contributed by atoms with E-state index in [0.717, 1.165) is 29.7 Å². The lowest BCUT2D eigenvalue weighted by Crippen LogP contribution is -2.14. The molecule has 0 saturated heterocycles. The lowest BCUT2D eigenvalue weighted by atomic mass is 10.1. The van der Waals surface area contributed by atoms with Crippen LogP contribution < -0.4 is 5.32 Å². The highest BCUT2D eigenvalue weighted by Crippen LogP contribution is 2.39. The van der Waals surface area contributed by atoms with E-state index in [1.807, 2.05) is 0 Å². The summed E-state index contributed by atoms with van der Waals surface area (Å²) in [5.41, 5.74) is 1.30. The predicted octanol–water partition coefficient (Wildman–Crippen LogP) is 4.09. The summed E-state index contributed by atoms with van der Waals surface area (Å²) in [7, 11) is -3.87. The van der Waals surface area contributed by atoms with E-state index in [1.165, 1.54) is 35.6 Å². The molecule has 1 N–H and O–H groups in total. The van der Waals surface area contributed by atoms with Gasteiger partial charge in [0.15, 0.2) is 5.76 Å². The molecule has 0 unspecified atom stereocenters. The van der Waals surface area contributed by atoms with Crippen LogP contribution in [0.4, 0.5) is 5.00 Å². The first-order valence-electron chi connectivity index (χ1n) is 9.44. The Kier molecular flexibility index (Phi) is 5.48. The molecule has 2 aromatic heterocycles. The van der Waals surface area contributed by atoms with Gasteiger partial charge in [0.2, 0.25) is 14.9 Å². The molecule has 1 aliphatic rings. The molecule has 3 aromatic rings. The monoisotopic (exact) mass is 445 g/mol. The molecule has 1 aliphatic carbocycles. The molecule has 1 aromatic carbocycles. The number of benzene rings is 1. The lowest BCUT2D eigenvalue weighted by molar-refractivity contribution is 0.0527. The lowest BCUT2D eigenvalue weighted by Gasteiger charge is -2.07. The summed E-state index contributed by atoms with van der Waals surface area (Å²) in [5, 5.41) is 2.76. The second-order valence-electron chi connectivity index (χ2n) is 6.67. The number of sulfone groups is 1. The van der Waals surface area contributed by atoms with Gasteiger partial charge in [0.1, 0.15) is 5.00 Å². The average molecular weight is 446 g/mol. The Morgan fingerprint density at radius 2 is 1.90 bits per heavy atom. The van der Waals surface area contributed by atoms with Gasteiger partial charge in [-0.1, -0.05) is 18.2 Å². The fourth-order valence-electron chi connectivity index (χ4n) is 3.38. The van der Waals surface area contributed by atoms with Crippen LogP contribution in [0.25, 0.3) is 0 Å². The molecule has 7 nitrogen and oxygen atoms in total. The van der Waals surface area contributed by atoms with Crippen molar-refractivity contribution in [1.29, 1.82) is 0 Å². The van der Waals surface area contributed by atoms with Gasteiger partial charge >= 0.3 is 5.97 Å². The molecule has 4 rings (SSSR count). The van der Waals surface area contributed by atoms with Gasteiger partial charge in [-0.3, -0.25) is 4.79 Å². The van der Waals surface area contributed by atoms with Crippen LogP contribution in [0.3, 0.4) is 0 Å². The number of hydrogen-bond donors (Lipinski definition) is 1. The van der Waals surface area contributed by atoms with Crippen LogP contribution in [-0.2, 0) is 27.4 Å². The first kappa shape index (κ1) is 20.4. The maximum Gasteiger partial charge on any atom is 0.341 e. The molecule has 0 radical (unpaired) electrons. The molecule has 0 saturated carbocycles. The van der Waals surface area contributed by atoms with E-state index in [2.05, 4.69) is 5.32 Å². The second-order valence-corrected chi connectivity index (χ2v) is 9.66. The molecule has 156 valence electrons. The third-order valence-electron chi connectivity index (χ3n) is 4.75. The van der Waals surface area contributed by atoms with E-state index in [4.69, 9.17) is 9.15 Å². The van der Waals surface area contributed by atoms with Gasteiger partial charge in [-0.15, -0.1) is 11.3 Å². The normalized spacial score (nSPS) is 13.1. The van der Waals surface area contributed by atoms with Crippen molar-refractivity contribution in [3.8, 4) is 0 Å².